The molecular formula is C29H43N5O3. The van der Waals surface area contributed by atoms with Crippen LogP contribution >= 0.6 is 0 Å². The van der Waals surface area contributed by atoms with Crippen LogP contribution in [0.1, 0.15) is 86.5 Å². The molecule has 2 aliphatic rings. The number of likely N-dealkylation sites (N-methyl/N-ethyl adjacent to an activating group) is 1. The summed E-state index contributed by atoms with van der Waals surface area (Å²) in [5, 5.41) is 7.91. The fraction of sp³-hybridized carbons (Fsp3) is 0.621. The zero-order chi connectivity index (χ0) is 26.7. The van der Waals surface area contributed by atoms with Crippen LogP contribution < -0.4 is 5.32 Å². The third-order valence-electron chi connectivity index (χ3n) is 7.72. The molecule has 0 spiro atoms. The van der Waals surface area contributed by atoms with Gasteiger partial charge in [-0.05, 0) is 96.7 Å². The van der Waals surface area contributed by atoms with Crippen LogP contribution in [0.2, 0.25) is 0 Å². The Balaban J connectivity index is 1.56. The maximum Gasteiger partial charge on any atom is 0.410 e. The second-order valence-electron chi connectivity index (χ2n) is 11.5. The lowest BCUT2D eigenvalue weighted by Gasteiger charge is -2.34. The molecule has 2 saturated heterocycles. The molecule has 0 aliphatic carbocycles. The molecule has 1 aromatic carbocycles. The minimum Gasteiger partial charge on any atom is -0.444 e. The number of rotatable bonds is 6. The topological polar surface area (TPSA) is 79.7 Å². The van der Waals surface area contributed by atoms with E-state index in [0.29, 0.717) is 31.2 Å². The Morgan fingerprint density at radius 1 is 1.08 bits per heavy atom. The number of benzene rings is 1. The normalized spacial score (nSPS) is 19.3. The molecular weight excluding hydrogens is 466 g/mol. The molecule has 0 radical (unpaired) electrons. The van der Waals surface area contributed by atoms with E-state index in [0.717, 1.165) is 43.7 Å². The van der Waals surface area contributed by atoms with Gasteiger partial charge in [0.2, 0.25) is 0 Å². The van der Waals surface area contributed by atoms with Crippen LogP contribution in [0.5, 0.6) is 0 Å². The fourth-order valence-electron chi connectivity index (χ4n) is 5.50. The van der Waals surface area contributed by atoms with E-state index in [-0.39, 0.29) is 17.9 Å². The fourth-order valence-corrected chi connectivity index (χ4v) is 5.50. The molecule has 2 aliphatic heterocycles. The zero-order valence-corrected chi connectivity index (χ0v) is 23.3. The number of ether oxygens (including phenoxy) is 1. The standard InChI is InChI=1S/C29H43N5O3/c1-7-32-14-8-9-24(32)18-30-27(35)25-19-31-34(23-11-10-20(2)21(3)17-23)26(25)22-12-15-33(16-13-22)28(36)37-29(4,5)6/h10-11,17,19,22,24H,7-9,12-16,18H2,1-6H3,(H,30,35)/t24-/m0/s1. The third-order valence-corrected chi connectivity index (χ3v) is 7.72. The molecule has 1 aromatic heterocycles. The Morgan fingerprint density at radius 2 is 1.81 bits per heavy atom. The van der Waals surface area contributed by atoms with Gasteiger partial charge in [-0.1, -0.05) is 13.0 Å². The van der Waals surface area contributed by atoms with Crippen molar-refractivity contribution in [1.29, 1.82) is 0 Å². The number of piperidine rings is 1. The van der Waals surface area contributed by atoms with Crippen LogP contribution in [-0.2, 0) is 4.74 Å². The summed E-state index contributed by atoms with van der Waals surface area (Å²) in [5.41, 5.74) is 4.41. The van der Waals surface area contributed by atoms with Gasteiger partial charge in [0.05, 0.1) is 23.1 Å². The molecule has 4 rings (SSSR count). The Kier molecular flexibility index (Phi) is 8.26. The van der Waals surface area contributed by atoms with E-state index in [2.05, 4.69) is 49.2 Å². The number of aryl methyl sites for hydroxylation is 2. The zero-order valence-electron chi connectivity index (χ0n) is 23.3. The molecule has 202 valence electrons. The summed E-state index contributed by atoms with van der Waals surface area (Å²) in [6.07, 6.45) is 5.24. The molecule has 0 unspecified atom stereocenters. The highest BCUT2D eigenvalue weighted by molar-refractivity contribution is 5.95. The van der Waals surface area contributed by atoms with Crippen molar-refractivity contribution in [3.8, 4) is 5.69 Å². The van der Waals surface area contributed by atoms with Gasteiger partial charge < -0.3 is 15.0 Å². The molecule has 2 aromatic rings. The van der Waals surface area contributed by atoms with Crippen molar-refractivity contribution in [2.75, 3.05) is 32.7 Å². The van der Waals surface area contributed by atoms with Crippen LogP contribution in [0, 0.1) is 13.8 Å². The average molecular weight is 510 g/mol. The Morgan fingerprint density at radius 3 is 2.46 bits per heavy atom. The van der Waals surface area contributed by atoms with Crippen molar-refractivity contribution < 1.29 is 14.3 Å². The lowest BCUT2D eigenvalue weighted by molar-refractivity contribution is 0.0203. The molecule has 1 N–H and O–H groups in total. The van der Waals surface area contributed by atoms with E-state index in [1.807, 2.05) is 25.5 Å². The molecule has 8 heteroatoms. The number of likely N-dealkylation sites (tertiary alicyclic amines) is 2. The van der Waals surface area contributed by atoms with Crippen LogP contribution in [-0.4, -0.2) is 75.9 Å². The summed E-state index contributed by atoms with van der Waals surface area (Å²) in [6.45, 7) is 16.0. The number of carbonyl (C=O) groups excluding carboxylic acids is 2. The first-order valence-corrected chi connectivity index (χ1v) is 13.7. The highest BCUT2D eigenvalue weighted by Crippen LogP contribution is 2.33. The highest BCUT2D eigenvalue weighted by Gasteiger charge is 2.32. The lowest BCUT2D eigenvalue weighted by Crippen LogP contribution is -2.42. The monoisotopic (exact) mass is 509 g/mol. The summed E-state index contributed by atoms with van der Waals surface area (Å²) in [6, 6.07) is 6.68. The van der Waals surface area contributed by atoms with Gasteiger partial charge in [0, 0.05) is 31.6 Å². The van der Waals surface area contributed by atoms with Gasteiger partial charge >= 0.3 is 6.09 Å². The molecule has 3 heterocycles. The highest BCUT2D eigenvalue weighted by atomic mass is 16.6. The molecule has 2 amide bonds. The average Bonchev–Trinajstić information content (AvgIpc) is 3.50. The number of hydrogen-bond acceptors (Lipinski definition) is 5. The number of amides is 2. The SMILES string of the molecule is CCN1CCC[C@H]1CNC(=O)c1cnn(-c2ccc(C)c(C)c2)c1C1CCN(C(=O)OC(C)(C)C)CC1. The van der Waals surface area contributed by atoms with Gasteiger partial charge in [-0.2, -0.15) is 5.10 Å². The lowest BCUT2D eigenvalue weighted by atomic mass is 9.90. The summed E-state index contributed by atoms with van der Waals surface area (Å²) in [7, 11) is 0. The van der Waals surface area contributed by atoms with Crippen molar-refractivity contribution in [2.24, 2.45) is 0 Å². The maximum atomic E-state index is 13.5. The minimum absolute atomic E-state index is 0.0670. The number of nitrogens with one attached hydrogen (secondary N) is 1. The van der Waals surface area contributed by atoms with Crippen molar-refractivity contribution >= 4 is 12.0 Å². The van der Waals surface area contributed by atoms with E-state index >= 15 is 0 Å². The minimum atomic E-state index is -0.520. The largest absolute Gasteiger partial charge is 0.444 e. The smallest absolute Gasteiger partial charge is 0.410 e. The number of nitrogens with zero attached hydrogens (tertiary/aromatic N) is 4. The first kappa shape index (κ1) is 27.2. The maximum absolute atomic E-state index is 13.5. The molecule has 1 atom stereocenters. The summed E-state index contributed by atoms with van der Waals surface area (Å²) in [4.78, 5) is 30.3. The van der Waals surface area contributed by atoms with Gasteiger partial charge in [-0.3, -0.25) is 9.69 Å². The van der Waals surface area contributed by atoms with Crippen molar-refractivity contribution in [2.45, 2.75) is 84.8 Å². The molecule has 0 saturated carbocycles. The number of carbonyl (C=O) groups is 2. The van der Waals surface area contributed by atoms with Gasteiger partial charge in [0.25, 0.3) is 5.91 Å². The van der Waals surface area contributed by atoms with Gasteiger partial charge in [-0.25, -0.2) is 9.48 Å². The van der Waals surface area contributed by atoms with E-state index < -0.39 is 5.60 Å². The molecule has 8 nitrogen and oxygen atoms in total. The Bertz CT molecular complexity index is 1110. The molecule has 0 bridgehead atoms. The summed E-state index contributed by atoms with van der Waals surface area (Å²) >= 11 is 0. The van der Waals surface area contributed by atoms with E-state index in [1.165, 1.54) is 17.5 Å². The summed E-state index contributed by atoms with van der Waals surface area (Å²) < 4.78 is 7.52. The second-order valence-corrected chi connectivity index (χ2v) is 11.5. The third kappa shape index (κ3) is 6.35. The van der Waals surface area contributed by atoms with Gasteiger partial charge in [0.15, 0.2) is 0 Å². The quantitative estimate of drug-likeness (QED) is 0.604. The van der Waals surface area contributed by atoms with E-state index in [9.17, 15) is 9.59 Å². The first-order chi connectivity index (χ1) is 17.6. The predicted molar refractivity (Wildman–Crippen MR) is 145 cm³/mol. The number of aromatic nitrogens is 2. The van der Waals surface area contributed by atoms with Gasteiger partial charge in [-0.15, -0.1) is 0 Å². The second kappa shape index (κ2) is 11.3. The van der Waals surface area contributed by atoms with Crippen molar-refractivity contribution in [1.82, 2.24) is 24.9 Å². The van der Waals surface area contributed by atoms with Crippen LogP contribution in [0.25, 0.3) is 5.69 Å². The van der Waals surface area contributed by atoms with Gasteiger partial charge in [0.1, 0.15) is 5.60 Å². The van der Waals surface area contributed by atoms with E-state index in [1.54, 1.807) is 11.1 Å². The predicted octanol–water partition coefficient (Wildman–Crippen LogP) is 4.82. The van der Waals surface area contributed by atoms with Crippen LogP contribution in [0.3, 0.4) is 0 Å². The molecule has 37 heavy (non-hydrogen) atoms. The Hall–Kier alpha value is -2.87. The number of hydrogen-bond donors (Lipinski definition) is 1. The van der Waals surface area contributed by atoms with Crippen LogP contribution in [0.15, 0.2) is 24.4 Å². The Labute approximate surface area is 221 Å². The summed E-state index contributed by atoms with van der Waals surface area (Å²) in [5.74, 6) is 0.0461. The van der Waals surface area contributed by atoms with Crippen molar-refractivity contribution in [3.63, 3.8) is 0 Å². The van der Waals surface area contributed by atoms with Crippen molar-refractivity contribution in [3.05, 3.63) is 46.8 Å². The van der Waals surface area contributed by atoms with Crippen LogP contribution in [0.4, 0.5) is 4.79 Å². The first-order valence-electron chi connectivity index (χ1n) is 13.7. The van der Waals surface area contributed by atoms with E-state index in [4.69, 9.17) is 9.84 Å². The molecule has 2 fully saturated rings.